The van der Waals surface area contributed by atoms with E-state index in [2.05, 4.69) is 4.90 Å². The zero-order valence-corrected chi connectivity index (χ0v) is 27.5. The first kappa shape index (κ1) is 33.9. The van der Waals surface area contributed by atoms with Gasteiger partial charge in [0.15, 0.2) is 0 Å². The fourth-order valence-corrected chi connectivity index (χ4v) is 6.95. The van der Waals surface area contributed by atoms with Gasteiger partial charge in [-0.15, -0.1) is 0 Å². The van der Waals surface area contributed by atoms with Gasteiger partial charge < -0.3 is 14.9 Å². The highest BCUT2D eigenvalue weighted by Gasteiger charge is 2.24. The molecule has 0 amide bonds. The number of aliphatic hydroxyl groups excluding tert-OH is 1. The molecule has 0 saturated heterocycles. The summed E-state index contributed by atoms with van der Waals surface area (Å²) >= 11 is 6.15. The number of hydrogen-bond donors (Lipinski definition) is 2. The largest absolute Gasteiger partial charge is 0.488 e. The minimum absolute atomic E-state index is 0.0625. The van der Waals surface area contributed by atoms with Crippen LogP contribution >= 0.6 is 11.6 Å². The monoisotopic (exact) mass is 669 g/mol. The summed E-state index contributed by atoms with van der Waals surface area (Å²) in [5.41, 5.74) is 3.83. The van der Waals surface area contributed by atoms with Gasteiger partial charge in [0.1, 0.15) is 17.9 Å². The number of aryl methyl sites for hydroxylation is 1. The van der Waals surface area contributed by atoms with Crippen LogP contribution in [0.15, 0.2) is 131 Å². The normalized spacial score (nSPS) is 12.2. The number of carbonyl (C=O) groups is 1. The van der Waals surface area contributed by atoms with E-state index in [1.807, 2.05) is 72.8 Å². The Morgan fingerprint density at radius 2 is 1.47 bits per heavy atom. The standard InChI is InChI=1S/C38H36ClNO6S/c1-27-21-34(23-35(38(42)43)37(27)46-26-30-11-6-3-7-12-30)47(44,45)33-17-15-28(16-18-33)19-20-40(24-29-9-4-2-5-10-29)25-36(41)31-13-8-14-32(39)22-31/h2-18,21-23,36,41H,19-20,24-26H2,1H3,(H,42,43)/t36-/m1/s1. The summed E-state index contributed by atoms with van der Waals surface area (Å²) in [5, 5.41) is 21.5. The van der Waals surface area contributed by atoms with Crippen molar-refractivity contribution >= 4 is 27.4 Å². The molecule has 0 aliphatic carbocycles. The minimum atomic E-state index is -4.01. The van der Waals surface area contributed by atoms with Gasteiger partial charge in [0.05, 0.1) is 15.9 Å². The molecular weight excluding hydrogens is 634 g/mol. The van der Waals surface area contributed by atoms with Crippen LogP contribution in [0.2, 0.25) is 5.02 Å². The second-order valence-corrected chi connectivity index (χ2v) is 13.8. The highest BCUT2D eigenvalue weighted by molar-refractivity contribution is 7.91. The SMILES string of the molecule is Cc1cc(S(=O)(=O)c2ccc(CCN(Cc3ccccc3)C[C@@H](O)c3cccc(Cl)c3)cc2)cc(C(=O)O)c1OCc1ccccc1. The van der Waals surface area contributed by atoms with E-state index in [9.17, 15) is 23.4 Å². The number of ether oxygens (including phenoxy) is 1. The van der Waals surface area contributed by atoms with E-state index < -0.39 is 21.9 Å². The van der Waals surface area contributed by atoms with Crippen LogP contribution in [0.25, 0.3) is 0 Å². The average Bonchev–Trinajstić information content (AvgIpc) is 3.07. The Labute approximate surface area is 280 Å². The number of nitrogens with zero attached hydrogens (tertiary/aromatic N) is 1. The van der Waals surface area contributed by atoms with Gasteiger partial charge in [-0.2, -0.15) is 0 Å². The summed E-state index contributed by atoms with van der Waals surface area (Å²) in [4.78, 5) is 14.3. The van der Waals surface area contributed by atoms with E-state index in [4.69, 9.17) is 16.3 Å². The van der Waals surface area contributed by atoms with E-state index in [-0.39, 0.29) is 27.7 Å². The van der Waals surface area contributed by atoms with Gasteiger partial charge in [-0.1, -0.05) is 96.5 Å². The van der Waals surface area contributed by atoms with Crippen molar-refractivity contribution in [2.75, 3.05) is 13.1 Å². The van der Waals surface area contributed by atoms with Crippen LogP contribution in [0.1, 0.15) is 44.3 Å². The lowest BCUT2D eigenvalue weighted by Gasteiger charge is -2.25. The number of halogens is 1. The van der Waals surface area contributed by atoms with Gasteiger partial charge in [-0.25, -0.2) is 13.2 Å². The lowest BCUT2D eigenvalue weighted by molar-refractivity contribution is 0.0691. The van der Waals surface area contributed by atoms with Gasteiger partial charge in [-0.05, 0) is 77.6 Å². The fraction of sp³-hybridized carbons (Fsp3) is 0.184. The van der Waals surface area contributed by atoms with Crippen LogP contribution in [0, 0.1) is 6.92 Å². The Hall–Kier alpha value is -4.47. The number of hydrogen-bond acceptors (Lipinski definition) is 6. The van der Waals surface area contributed by atoms with Crippen molar-refractivity contribution in [2.45, 2.75) is 42.4 Å². The molecule has 5 rings (SSSR count). The first-order valence-electron chi connectivity index (χ1n) is 15.2. The minimum Gasteiger partial charge on any atom is -0.488 e. The van der Waals surface area contributed by atoms with Crippen LogP contribution in [-0.2, 0) is 29.4 Å². The molecule has 47 heavy (non-hydrogen) atoms. The molecule has 0 aliphatic heterocycles. The third-order valence-electron chi connectivity index (χ3n) is 7.88. The molecule has 0 fully saturated rings. The number of aromatic carboxylic acids is 1. The fourth-order valence-electron chi connectivity index (χ4n) is 5.38. The highest BCUT2D eigenvalue weighted by atomic mass is 35.5. The topological polar surface area (TPSA) is 104 Å². The molecule has 2 N–H and O–H groups in total. The number of carboxylic acids is 1. The van der Waals surface area contributed by atoms with Crippen molar-refractivity contribution in [3.63, 3.8) is 0 Å². The van der Waals surface area contributed by atoms with Gasteiger partial charge in [0.25, 0.3) is 0 Å². The molecule has 0 bridgehead atoms. The molecule has 242 valence electrons. The van der Waals surface area contributed by atoms with Gasteiger partial charge in [0.2, 0.25) is 9.84 Å². The first-order chi connectivity index (χ1) is 22.6. The molecule has 0 aromatic heterocycles. The summed E-state index contributed by atoms with van der Waals surface area (Å²) in [6, 6.07) is 35.7. The second kappa shape index (κ2) is 15.4. The first-order valence-corrected chi connectivity index (χ1v) is 17.0. The maximum absolute atomic E-state index is 13.6. The molecule has 5 aromatic rings. The maximum Gasteiger partial charge on any atom is 0.339 e. The molecule has 5 aromatic carbocycles. The Morgan fingerprint density at radius 3 is 2.11 bits per heavy atom. The summed E-state index contributed by atoms with van der Waals surface area (Å²) in [6.45, 7) is 3.42. The van der Waals surface area contributed by atoms with E-state index in [1.54, 1.807) is 43.3 Å². The third-order valence-corrected chi connectivity index (χ3v) is 9.86. The van der Waals surface area contributed by atoms with Gasteiger partial charge in [-0.3, -0.25) is 4.90 Å². The molecule has 0 saturated carbocycles. The van der Waals surface area contributed by atoms with Crippen LogP contribution in [-0.4, -0.2) is 42.6 Å². The van der Waals surface area contributed by atoms with E-state index >= 15 is 0 Å². The Morgan fingerprint density at radius 1 is 0.809 bits per heavy atom. The second-order valence-electron chi connectivity index (χ2n) is 11.4. The molecule has 1 atom stereocenters. The third kappa shape index (κ3) is 8.87. The number of aliphatic hydroxyl groups is 1. The van der Waals surface area contributed by atoms with Gasteiger partial charge >= 0.3 is 5.97 Å². The number of carboxylic acid groups (broad SMARTS) is 1. The predicted molar refractivity (Wildman–Crippen MR) is 183 cm³/mol. The average molecular weight is 670 g/mol. The lowest BCUT2D eigenvalue weighted by atomic mass is 10.1. The quantitative estimate of drug-likeness (QED) is 0.126. The van der Waals surface area contributed by atoms with Crippen molar-refractivity contribution in [1.29, 1.82) is 0 Å². The van der Waals surface area contributed by atoms with Gasteiger partial charge in [0, 0.05) is 24.7 Å². The Bertz CT molecular complexity index is 1920. The summed E-state index contributed by atoms with van der Waals surface area (Å²) < 4.78 is 33.1. The maximum atomic E-state index is 13.6. The lowest BCUT2D eigenvalue weighted by Crippen LogP contribution is -2.30. The smallest absolute Gasteiger partial charge is 0.339 e. The molecule has 0 aliphatic rings. The van der Waals surface area contributed by atoms with Crippen molar-refractivity contribution in [3.8, 4) is 5.75 Å². The summed E-state index contributed by atoms with van der Waals surface area (Å²) in [5.74, 6) is -1.14. The van der Waals surface area contributed by atoms with Crippen molar-refractivity contribution in [2.24, 2.45) is 0 Å². The molecule has 9 heteroatoms. The molecule has 0 radical (unpaired) electrons. The zero-order valence-electron chi connectivity index (χ0n) is 25.9. The number of sulfone groups is 1. The van der Waals surface area contributed by atoms with Crippen molar-refractivity contribution in [3.05, 3.63) is 160 Å². The molecule has 0 heterocycles. The van der Waals surface area contributed by atoms with Crippen LogP contribution in [0.3, 0.4) is 0 Å². The molecule has 7 nitrogen and oxygen atoms in total. The van der Waals surface area contributed by atoms with Crippen LogP contribution < -0.4 is 4.74 Å². The van der Waals surface area contributed by atoms with E-state index in [0.717, 1.165) is 28.3 Å². The van der Waals surface area contributed by atoms with Crippen molar-refractivity contribution < 1.29 is 28.2 Å². The number of rotatable bonds is 14. The summed E-state index contributed by atoms with van der Waals surface area (Å²) in [6.07, 6.45) is -0.121. The predicted octanol–water partition coefficient (Wildman–Crippen LogP) is 7.54. The molecule has 0 spiro atoms. The molecule has 0 unspecified atom stereocenters. The van der Waals surface area contributed by atoms with Crippen LogP contribution in [0.4, 0.5) is 0 Å². The Balaban J connectivity index is 1.30. The summed E-state index contributed by atoms with van der Waals surface area (Å²) in [7, 11) is -4.01. The van der Waals surface area contributed by atoms with Crippen molar-refractivity contribution in [1.82, 2.24) is 4.90 Å². The van der Waals surface area contributed by atoms with E-state index in [1.165, 1.54) is 6.07 Å². The number of benzene rings is 5. The highest BCUT2D eigenvalue weighted by Crippen LogP contribution is 2.31. The molecular formula is C38H36ClNO6S. The van der Waals surface area contributed by atoms with Crippen LogP contribution in [0.5, 0.6) is 5.75 Å². The van der Waals surface area contributed by atoms with E-state index in [0.29, 0.717) is 36.6 Å². The zero-order chi connectivity index (χ0) is 33.4. The Kier molecular flexibility index (Phi) is 11.1.